The maximum Gasteiger partial charge on any atom is 0.0468 e. The minimum atomic E-state index is 0.772. The van der Waals surface area contributed by atoms with Crippen LogP contribution in [0.5, 0.6) is 0 Å². The summed E-state index contributed by atoms with van der Waals surface area (Å²) >= 11 is 0. The molecule has 3 heteroatoms. The molecular weight excluding hydrogens is 212 g/mol. The third kappa shape index (κ3) is 12.1. The van der Waals surface area contributed by atoms with E-state index >= 15 is 0 Å². The molecule has 0 spiro atoms. The van der Waals surface area contributed by atoms with Gasteiger partial charge in [-0.25, -0.2) is 0 Å². The second-order valence-corrected chi connectivity index (χ2v) is 5.00. The van der Waals surface area contributed by atoms with Gasteiger partial charge in [-0.1, -0.05) is 13.8 Å². The quantitative estimate of drug-likeness (QED) is 0.533. The molecule has 0 aliphatic carbocycles. The van der Waals surface area contributed by atoms with Crippen LogP contribution < -0.4 is 5.32 Å². The lowest BCUT2D eigenvalue weighted by Crippen LogP contribution is -2.19. The van der Waals surface area contributed by atoms with Crippen LogP contribution in [0.3, 0.4) is 0 Å². The Labute approximate surface area is 108 Å². The van der Waals surface area contributed by atoms with Gasteiger partial charge in [-0.2, -0.15) is 0 Å². The average molecular weight is 244 g/mol. The zero-order chi connectivity index (χ0) is 12.9. The first-order valence-electron chi connectivity index (χ1n) is 7.11. The average Bonchev–Trinajstić information content (AvgIpc) is 2.34. The maximum absolute atomic E-state index is 5.66. The fraction of sp³-hybridized carbons (Fsp3) is 1.00. The van der Waals surface area contributed by atoms with Crippen LogP contribution in [-0.2, 0) is 4.74 Å². The molecule has 0 fully saturated rings. The lowest BCUT2D eigenvalue weighted by Gasteiger charge is -2.13. The molecule has 0 bridgehead atoms. The van der Waals surface area contributed by atoms with Gasteiger partial charge in [0.1, 0.15) is 0 Å². The van der Waals surface area contributed by atoms with Crippen LogP contribution in [0.1, 0.15) is 39.5 Å². The van der Waals surface area contributed by atoms with Crippen LogP contribution in [0.4, 0.5) is 0 Å². The molecule has 0 saturated heterocycles. The van der Waals surface area contributed by atoms with Crippen LogP contribution in [0.2, 0.25) is 0 Å². The van der Waals surface area contributed by atoms with Crippen LogP contribution in [0, 0.1) is 5.92 Å². The molecule has 0 radical (unpaired) electrons. The fourth-order valence-corrected chi connectivity index (χ4v) is 1.67. The van der Waals surface area contributed by atoms with E-state index in [2.05, 4.69) is 31.1 Å². The number of rotatable bonds is 12. The molecule has 0 aliphatic rings. The highest BCUT2D eigenvalue weighted by Gasteiger charge is 2.01. The third-order valence-corrected chi connectivity index (χ3v) is 3.26. The molecule has 17 heavy (non-hydrogen) atoms. The molecule has 0 aromatic carbocycles. The number of hydrogen-bond acceptors (Lipinski definition) is 3. The van der Waals surface area contributed by atoms with Gasteiger partial charge in [-0.3, -0.25) is 0 Å². The van der Waals surface area contributed by atoms with Gasteiger partial charge in [0.15, 0.2) is 0 Å². The van der Waals surface area contributed by atoms with Gasteiger partial charge in [0.2, 0.25) is 0 Å². The second-order valence-electron chi connectivity index (χ2n) is 5.00. The van der Waals surface area contributed by atoms with Crippen LogP contribution in [-0.4, -0.2) is 51.8 Å². The van der Waals surface area contributed by atoms with Gasteiger partial charge in [0.05, 0.1) is 0 Å². The largest absolute Gasteiger partial charge is 0.381 e. The van der Waals surface area contributed by atoms with Crippen molar-refractivity contribution in [1.82, 2.24) is 10.2 Å². The normalized spacial score (nSPS) is 13.2. The lowest BCUT2D eigenvalue weighted by atomic mass is 10.1. The lowest BCUT2D eigenvalue weighted by molar-refractivity contribution is 0.115. The molecule has 0 aliphatic heterocycles. The Kier molecular flexibility index (Phi) is 12.3. The highest BCUT2D eigenvalue weighted by molar-refractivity contribution is 4.54. The highest BCUT2D eigenvalue weighted by Crippen LogP contribution is 2.06. The Balaban J connectivity index is 3.12. The van der Waals surface area contributed by atoms with E-state index in [9.17, 15) is 0 Å². The molecule has 104 valence electrons. The van der Waals surface area contributed by atoms with Crippen LogP contribution in [0.25, 0.3) is 0 Å². The van der Waals surface area contributed by atoms with Crippen molar-refractivity contribution in [3.63, 3.8) is 0 Å². The summed E-state index contributed by atoms with van der Waals surface area (Å²) in [6.07, 6.45) is 4.88. The van der Waals surface area contributed by atoms with Crippen LogP contribution in [0.15, 0.2) is 0 Å². The molecule has 1 atom stereocenters. The summed E-state index contributed by atoms with van der Waals surface area (Å²) in [5.41, 5.74) is 0. The Morgan fingerprint density at radius 1 is 1.18 bits per heavy atom. The monoisotopic (exact) mass is 244 g/mol. The minimum Gasteiger partial charge on any atom is -0.381 e. The van der Waals surface area contributed by atoms with Gasteiger partial charge in [0, 0.05) is 13.2 Å². The fourth-order valence-electron chi connectivity index (χ4n) is 1.67. The van der Waals surface area contributed by atoms with Gasteiger partial charge in [-0.15, -0.1) is 0 Å². The van der Waals surface area contributed by atoms with E-state index in [0.717, 1.165) is 32.2 Å². The SMILES string of the molecule is CCN(C)CCCCOCCC(C)CCNC. The molecule has 3 nitrogen and oxygen atoms in total. The van der Waals surface area contributed by atoms with Crippen molar-refractivity contribution in [3.05, 3.63) is 0 Å². The van der Waals surface area contributed by atoms with Gasteiger partial charge in [0.25, 0.3) is 0 Å². The van der Waals surface area contributed by atoms with E-state index in [0.29, 0.717) is 0 Å². The standard InChI is InChI=1S/C14H32N2O/c1-5-16(4)11-6-7-12-17-13-9-14(2)8-10-15-3/h14-15H,5-13H2,1-4H3. The molecule has 0 heterocycles. The van der Waals surface area contributed by atoms with E-state index in [1.54, 1.807) is 0 Å². The van der Waals surface area contributed by atoms with E-state index < -0.39 is 0 Å². The second kappa shape index (κ2) is 12.3. The van der Waals surface area contributed by atoms with Crippen molar-refractivity contribution in [3.8, 4) is 0 Å². The summed E-state index contributed by atoms with van der Waals surface area (Å²) in [6, 6.07) is 0. The Bertz CT molecular complexity index is 153. The molecule has 1 N–H and O–H groups in total. The van der Waals surface area contributed by atoms with Gasteiger partial charge < -0.3 is 15.0 Å². The first-order chi connectivity index (χ1) is 8.20. The molecule has 0 saturated carbocycles. The van der Waals surface area contributed by atoms with E-state index in [-0.39, 0.29) is 0 Å². The van der Waals surface area contributed by atoms with E-state index in [1.807, 2.05) is 7.05 Å². The van der Waals surface area contributed by atoms with Crippen molar-refractivity contribution < 1.29 is 4.74 Å². The first kappa shape index (κ1) is 16.9. The Morgan fingerprint density at radius 2 is 1.94 bits per heavy atom. The van der Waals surface area contributed by atoms with Crippen molar-refractivity contribution in [2.75, 3.05) is 46.9 Å². The van der Waals surface area contributed by atoms with Crippen molar-refractivity contribution in [1.29, 1.82) is 0 Å². The topological polar surface area (TPSA) is 24.5 Å². The molecule has 0 amide bonds. The predicted molar refractivity (Wildman–Crippen MR) is 75.5 cm³/mol. The number of ether oxygens (including phenoxy) is 1. The molecular formula is C14H32N2O. The number of hydrogen-bond donors (Lipinski definition) is 1. The molecule has 1 unspecified atom stereocenters. The minimum absolute atomic E-state index is 0.772. The Morgan fingerprint density at radius 3 is 2.59 bits per heavy atom. The number of nitrogens with one attached hydrogen (secondary N) is 1. The van der Waals surface area contributed by atoms with Crippen molar-refractivity contribution in [2.45, 2.75) is 39.5 Å². The maximum atomic E-state index is 5.66. The number of nitrogens with zero attached hydrogens (tertiary/aromatic N) is 1. The zero-order valence-electron chi connectivity index (χ0n) is 12.3. The molecule has 0 rings (SSSR count). The molecule has 0 aromatic rings. The van der Waals surface area contributed by atoms with Crippen LogP contribution >= 0.6 is 0 Å². The van der Waals surface area contributed by atoms with E-state index in [4.69, 9.17) is 4.74 Å². The first-order valence-corrected chi connectivity index (χ1v) is 7.11. The van der Waals surface area contributed by atoms with E-state index in [1.165, 1.54) is 32.2 Å². The van der Waals surface area contributed by atoms with Gasteiger partial charge >= 0.3 is 0 Å². The van der Waals surface area contributed by atoms with Crippen molar-refractivity contribution in [2.24, 2.45) is 5.92 Å². The Hall–Kier alpha value is -0.120. The summed E-state index contributed by atoms with van der Waals surface area (Å²) in [4.78, 5) is 2.35. The summed E-state index contributed by atoms with van der Waals surface area (Å²) in [7, 11) is 4.18. The summed E-state index contributed by atoms with van der Waals surface area (Å²) in [5, 5.41) is 3.19. The van der Waals surface area contributed by atoms with Crippen molar-refractivity contribution >= 4 is 0 Å². The third-order valence-electron chi connectivity index (χ3n) is 3.26. The predicted octanol–water partition coefficient (Wildman–Crippen LogP) is 2.37. The summed E-state index contributed by atoms with van der Waals surface area (Å²) in [6.45, 7) is 9.80. The van der Waals surface area contributed by atoms with Gasteiger partial charge in [-0.05, 0) is 65.3 Å². The smallest absolute Gasteiger partial charge is 0.0468 e. The highest BCUT2D eigenvalue weighted by atomic mass is 16.5. The zero-order valence-corrected chi connectivity index (χ0v) is 12.3. The molecule has 0 aromatic heterocycles. The number of unbranched alkanes of at least 4 members (excludes halogenated alkanes) is 1. The summed E-state index contributed by atoms with van der Waals surface area (Å²) in [5.74, 6) is 0.772. The summed E-state index contributed by atoms with van der Waals surface area (Å²) < 4.78 is 5.66.